The maximum absolute atomic E-state index is 11.5. The zero-order chi connectivity index (χ0) is 14.4. The number of carboxylic acids is 1. The Morgan fingerprint density at radius 3 is 2.74 bits per heavy atom. The van der Waals surface area contributed by atoms with E-state index in [0.29, 0.717) is 13.0 Å². The quantitative estimate of drug-likeness (QED) is 0.777. The van der Waals surface area contributed by atoms with E-state index in [2.05, 4.69) is 5.32 Å². The van der Waals surface area contributed by atoms with Crippen LogP contribution >= 0.6 is 11.3 Å². The number of nitrogens with zero attached hydrogens (tertiary/aromatic N) is 1. The van der Waals surface area contributed by atoms with Crippen molar-refractivity contribution in [2.75, 3.05) is 6.54 Å². The molecule has 0 radical (unpaired) electrons. The highest BCUT2D eigenvalue weighted by Gasteiger charge is 2.12. The zero-order valence-electron chi connectivity index (χ0n) is 11.0. The molecule has 0 spiro atoms. The molecular weight excluding hydrogens is 268 g/mol. The van der Waals surface area contributed by atoms with E-state index in [1.165, 1.54) is 6.92 Å². The Hall–Kier alpha value is -1.63. The maximum Gasteiger partial charge on any atom is 0.308 e. The first-order valence-corrected chi connectivity index (χ1v) is 6.94. The number of carboxylic acid groups (broad SMARTS) is 1. The van der Waals surface area contributed by atoms with Crippen molar-refractivity contribution in [3.05, 3.63) is 20.7 Å². The first kappa shape index (κ1) is 15.4. The SMILES string of the molecule is Cc1csc(=O)n1CCCC(=O)NCC(C)C(=O)O. The van der Waals surface area contributed by atoms with Crippen molar-refractivity contribution in [2.45, 2.75) is 33.2 Å². The molecule has 1 rings (SSSR count). The standard InChI is InChI=1S/C12H18N2O4S/c1-8(11(16)17)6-13-10(15)4-3-5-14-9(2)7-19-12(14)18/h7-8H,3-6H2,1-2H3,(H,13,15)(H,16,17). The Bertz CT molecular complexity index is 506. The molecule has 7 heteroatoms. The molecule has 0 saturated heterocycles. The topological polar surface area (TPSA) is 88.4 Å². The molecule has 1 aromatic rings. The average Bonchev–Trinajstić information content (AvgIpc) is 2.67. The van der Waals surface area contributed by atoms with E-state index in [9.17, 15) is 14.4 Å². The number of aryl methyl sites for hydroxylation is 1. The van der Waals surface area contributed by atoms with Crippen LogP contribution in [-0.2, 0) is 16.1 Å². The number of hydrogen-bond donors (Lipinski definition) is 2. The lowest BCUT2D eigenvalue weighted by Gasteiger charge is -2.08. The van der Waals surface area contributed by atoms with Crippen LogP contribution in [0.3, 0.4) is 0 Å². The Kier molecular flexibility index (Phi) is 5.75. The molecule has 0 aliphatic carbocycles. The molecule has 0 fully saturated rings. The van der Waals surface area contributed by atoms with Crippen molar-refractivity contribution in [1.29, 1.82) is 0 Å². The summed E-state index contributed by atoms with van der Waals surface area (Å²) >= 11 is 1.15. The third-order valence-corrected chi connectivity index (χ3v) is 3.67. The minimum absolute atomic E-state index is 0.0163. The van der Waals surface area contributed by atoms with E-state index in [4.69, 9.17) is 5.11 Å². The summed E-state index contributed by atoms with van der Waals surface area (Å²) in [6, 6.07) is 0. The molecule has 0 bridgehead atoms. The van der Waals surface area contributed by atoms with Gasteiger partial charge < -0.3 is 15.0 Å². The third-order valence-electron chi connectivity index (χ3n) is 2.79. The van der Waals surface area contributed by atoms with E-state index < -0.39 is 11.9 Å². The Balaban J connectivity index is 2.28. The van der Waals surface area contributed by atoms with E-state index in [1.807, 2.05) is 6.92 Å². The number of thiazole rings is 1. The molecule has 6 nitrogen and oxygen atoms in total. The van der Waals surface area contributed by atoms with Gasteiger partial charge in [-0.1, -0.05) is 18.3 Å². The van der Waals surface area contributed by atoms with Crippen LogP contribution in [-0.4, -0.2) is 28.1 Å². The molecule has 0 aromatic carbocycles. The summed E-state index contributed by atoms with van der Waals surface area (Å²) in [4.78, 5) is 33.5. The Labute approximate surface area is 115 Å². The second-order valence-corrected chi connectivity index (χ2v) is 5.26. The van der Waals surface area contributed by atoms with Gasteiger partial charge in [-0.25, -0.2) is 0 Å². The number of carbonyl (C=O) groups is 2. The number of nitrogens with one attached hydrogen (secondary N) is 1. The van der Waals surface area contributed by atoms with Crippen molar-refractivity contribution in [3.8, 4) is 0 Å². The summed E-state index contributed by atoms with van der Waals surface area (Å²) in [5.74, 6) is -1.71. The lowest BCUT2D eigenvalue weighted by molar-refractivity contribution is -0.141. The molecule has 1 aromatic heterocycles. The zero-order valence-corrected chi connectivity index (χ0v) is 11.8. The Morgan fingerprint density at radius 2 is 2.21 bits per heavy atom. The van der Waals surface area contributed by atoms with Crippen molar-refractivity contribution in [2.24, 2.45) is 5.92 Å². The molecule has 1 atom stereocenters. The van der Waals surface area contributed by atoms with Gasteiger partial charge in [0.2, 0.25) is 5.91 Å². The number of aromatic nitrogens is 1. The van der Waals surface area contributed by atoms with Crippen molar-refractivity contribution in [3.63, 3.8) is 0 Å². The molecule has 1 heterocycles. The molecule has 1 amide bonds. The highest BCUT2D eigenvalue weighted by atomic mass is 32.1. The van der Waals surface area contributed by atoms with E-state index in [1.54, 1.807) is 9.95 Å². The number of rotatable bonds is 7. The van der Waals surface area contributed by atoms with Gasteiger partial charge in [-0.05, 0) is 13.3 Å². The van der Waals surface area contributed by atoms with Gasteiger partial charge in [0.05, 0.1) is 5.92 Å². The number of carbonyl (C=O) groups excluding carboxylic acids is 1. The molecule has 106 valence electrons. The predicted molar refractivity (Wildman–Crippen MR) is 72.4 cm³/mol. The van der Waals surface area contributed by atoms with E-state index >= 15 is 0 Å². The summed E-state index contributed by atoms with van der Waals surface area (Å²) in [7, 11) is 0. The van der Waals surface area contributed by atoms with Gasteiger partial charge >= 0.3 is 10.8 Å². The summed E-state index contributed by atoms with van der Waals surface area (Å²) in [5, 5.41) is 13.0. The van der Waals surface area contributed by atoms with Gasteiger partial charge in [-0.15, -0.1) is 0 Å². The summed E-state index contributed by atoms with van der Waals surface area (Å²) < 4.78 is 1.64. The first-order chi connectivity index (χ1) is 8.91. The second-order valence-electron chi connectivity index (χ2n) is 4.44. The Morgan fingerprint density at radius 1 is 1.53 bits per heavy atom. The molecule has 2 N–H and O–H groups in total. The summed E-state index contributed by atoms with van der Waals surface area (Å²) in [6.45, 7) is 4.03. The molecule has 1 unspecified atom stereocenters. The monoisotopic (exact) mass is 286 g/mol. The van der Waals surface area contributed by atoms with Crippen LogP contribution in [0.1, 0.15) is 25.5 Å². The van der Waals surface area contributed by atoms with Crippen LogP contribution in [0.5, 0.6) is 0 Å². The van der Waals surface area contributed by atoms with Crippen LogP contribution in [0.15, 0.2) is 10.2 Å². The second kappa shape index (κ2) is 7.08. The highest BCUT2D eigenvalue weighted by Crippen LogP contribution is 2.02. The fourth-order valence-electron chi connectivity index (χ4n) is 1.51. The van der Waals surface area contributed by atoms with Crippen molar-refractivity contribution >= 4 is 23.2 Å². The number of hydrogen-bond acceptors (Lipinski definition) is 4. The van der Waals surface area contributed by atoms with E-state index in [-0.39, 0.29) is 23.7 Å². The van der Waals surface area contributed by atoms with E-state index in [0.717, 1.165) is 17.0 Å². The van der Waals surface area contributed by atoms with Gasteiger partial charge in [0.15, 0.2) is 0 Å². The number of amides is 1. The number of aliphatic carboxylic acids is 1. The van der Waals surface area contributed by atoms with Crippen LogP contribution in [0, 0.1) is 12.8 Å². The highest BCUT2D eigenvalue weighted by molar-refractivity contribution is 7.07. The van der Waals surface area contributed by atoms with Gasteiger partial charge in [0.25, 0.3) is 0 Å². The van der Waals surface area contributed by atoms with Crippen LogP contribution in [0.4, 0.5) is 0 Å². The summed E-state index contributed by atoms with van der Waals surface area (Å²) in [6.07, 6.45) is 0.846. The molecule has 19 heavy (non-hydrogen) atoms. The van der Waals surface area contributed by atoms with Crippen LogP contribution < -0.4 is 10.2 Å². The van der Waals surface area contributed by atoms with Crippen molar-refractivity contribution < 1.29 is 14.7 Å². The first-order valence-electron chi connectivity index (χ1n) is 6.06. The van der Waals surface area contributed by atoms with Gasteiger partial charge in [0, 0.05) is 30.6 Å². The smallest absolute Gasteiger partial charge is 0.308 e. The third kappa shape index (κ3) is 4.86. The minimum atomic E-state index is -0.930. The molecular formula is C12H18N2O4S. The van der Waals surface area contributed by atoms with Crippen LogP contribution in [0.2, 0.25) is 0 Å². The lowest BCUT2D eigenvalue weighted by atomic mass is 10.2. The van der Waals surface area contributed by atoms with Gasteiger partial charge in [-0.2, -0.15) is 0 Å². The largest absolute Gasteiger partial charge is 0.481 e. The molecule has 0 aliphatic rings. The summed E-state index contributed by atoms with van der Waals surface area (Å²) in [5.41, 5.74) is 0.898. The van der Waals surface area contributed by atoms with Crippen molar-refractivity contribution in [1.82, 2.24) is 9.88 Å². The molecule has 0 saturated carbocycles. The lowest BCUT2D eigenvalue weighted by Crippen LogP contribution is -2.31. The molecule has 0 aliphatic heterocycles. The predicted octanol–water partition coefficient (Wildman–Crippen LogP) is 0.835. The van der Waals surface area contributed by atoms with Gasteiger partial charge in [-0.3, -0.25) is 14.4 Å². The fraction of sp³-hybridized carbons (Fsp3) is 0.583. The average molecular weight is 286 g/mol. The normalized spacial score (nSPS) is 12.1. The van der Waals surface area contributed by atoms with Gasteiger partial charge in [0.1, 0.15) is 0 Å². The maximum atomic E-state index is 11.5. The fourth-order valence-corrected chi connectivity index (χ4v) is 2.28. The van der Waals surface area contributed by atoms with Crippen LogP contribution in [0.25, 0.3) is 0 Å². The minimum Gasteiger partial charge on any atom is -0.481 e.